The van der Waals surface area contributed by atoms with E-state index < -0.39 is 0 Å². The largest absolute Gasteiger partial charge is 0.472 e. The van der Waals surface area contributed by atoms with Crippen molar-refractivity contribution in [2.75, 3.05) is 0 Å². The number of nitriles is 1. The van der Waals surface area contributed by atoms with Gasteiger partial charge < -0.3 is 4.42 Å². The van der Waals surface area contributed by atoms with Crippen molar-refractivity contribution in [1.29, 1.82) is 5.26 Å². The lowest BCUT2D eigenvalue weighted by atomic mass is 10.1. The van der Waals surface area contributed by atoms with Gasteiger partial charge in [0, 0.05) is 5.39 Å². The molecule has 0 aliphatic rings. The highest BCUT2D eigenvalue weighted by molar-refractivity contribution is 6.31. The van der Waals surface area contributed by atoms with E-state index in [1.54, 1.807) is 12.1 Å². The second kappa shape index (κ2) is 2.42. The first-order chi connectivity index (χ1) is 5.79. The van der Waals surface area contributed by atoms with Crippen molar-refractivity contribution in [1.82, 2.24) is 0 Å². The molecular weight excluding hydrogens is 149 g/mol. The van der Waals surface area contributed by atoms with Gasteiger partial charge in [0.2, 0.25) is 0 Å². The first-order valence-electron chi connectivity index (χ1n) is 3.70. The summed E-state index contributed by atoms with van der Waals surface area (Å²) in [5.41, 5.74) is 2.29. The molecule has 0 amide bonds. The molecule has 1 aromatic carbocycles. The van der Waals surface area contributed by atoms with Crippen LogP contribution in [0.4, 0.5) is 0 Å². The van der Waals surface area contributed by atoms with Crippen molar-refractivity contribution in [3.05, 3.63) is 29.8 Å². The molecule has 3 heteroatoms. The zero-order valence-corrected chi connectivity index (χ0v) is 6.66. The molecule has 0 aliphatic carbocycles. The monoisotopic (exact) mass is 155 g/mol. The van der Waals surface area contributed by atoms with Crippen LogP contribution in [0.2, 0.25) is 0 Å². The highest BCUT2D eigenvalue weighted by atomic mass is 16.3. The standard InChI is InChI=1S/C9H6BNO/c10-9-4-7-2-1-6(5-11)3-8(7)12-9/h1-4H,10H2. The molecule has 56 valence electrons. The maximum absolute atomic E-state index is 8.61. The smallest absolute Gasteiger partial charge is 0.186 e. The number of furan rings is 1. The molecule has 12 heavy (non-hydrogen) atoms. The second-order valence-corrected chi connectivity index (χ2v) is 2.72. The van der Waals surface area contributed by atoms with Gasteiger partial charge in [0.25, 0.3) is 0 Å². The van der Waals surface area contributed by atoms with E-state index in [1.807, 2.05) is 20.0 Å². The molecular formula is C9H6BNO. The molecule has 0 unspecified atom stereocenters. The SMILES string of the molecule is Bc1cc2ccc(C#N)cc2o1. The summed E-state index contributed by atoms with van der Waals surface area (Å²) in [6, 6.07) is 9.46. The summed E-state index contributed by atoms with van der Waals surface area (Å²) in [6.45, 7) is 0. The molecule has 2 aromatic rings. The van der Waals surface area contributed by atoms with Crippen molar-refractivity contribution >= 4 is 24.5 Å². The average molecular weight is 155 g/mol. The van der Waals surface area contributed by atoms with Crippen molar-refractivity contribution in [2.24, 2.45) is 0 Å². The molecule has 0 spiro atoms. The Bertz CT molecular complexity index is 467. The quantitative estimate of drug-likeness (QED) is 0.521. The van der Waals surface area contributed by atoms with Crippen LogP contribution in [0.1, 0.15) is 5.56 Å². The van der Waals surface area contributed by atoms with Gasteiger partial charge in [-0.05, 0) is 24.3 Å². The molecule has 0 fully saturated rings. The molecule has 1 aromatic heterocycles. The van der Waals surface area contributed by atoms with E-state index in [1.165, 1.54) is 0 Å². The highest BCUT2D eigenvalue weighted by Crippen LogP contribution is 2.14. The van der Waals surface area contributed by atoms with Gasteiger partial charge in [0.15, 0.2) is 7.85 Å². The van der Waals surface area contributed by atoms with Crippen LogP contribution in [-0.2, 0) is 0 Å². The molecule has 0 atom stereocenters. The lowest BCUT2D eigenvalue weighted by Gasteiger charge is -1.87. The molecule has 0 saturated heterocycles. The number of hydrogen-bond donors (Lipinski definition) is 0. The fourth-order valence-corrected chi connectivity index (χ4v) is 1.23. The van der Waals surface area contributed by atoms with Gasteiger partial charge in [-0.3, -0.25) is 0 Å². The second-order valence-electron chi connectivity index (χ2n) is 2.72. The Morgan fingerprint density at radius 3 is 2.92 bits per heavy atom. The number of nitrogens with zero attached hydrogens (tertiary/aromatic N) is 1. The van der Waals surface area contributed by atoms with Crippen LogP contribution >= 0.6 is 0 Å². The van der Waals surface area contributed by atoms with E-state index in [9.17, 15) is 0 Å². The third-order valence-electron chi connectivity index (χ3n) is 1.77. The van der Waals surface area contributed by atoms with Gasteiger partial charge in [-0.1, -0.05) is 0 Å². The van der Waals surface area contributed by atoms with Crippen molar-refractivity contribution in [2.45, 2.75) is 0 Å². The summed E-state index contributed by atoms with van der Waals surface area (Å²) < 4.78 is 5.36. The maximum Gasteiger partial charge on any atom is 0.186 e. The lowest BCUT2D eigenvalue weighted by molar-refractivity contribution is 0.653. The Hall–Kier alpha value is -1.69. The first kappa shape index (κ1) is 6.99. The minimum absolute atomic E-state index is 0.636. The van der Waals surface area contributed by atoms with Crippen LogP contribution in [-0.4, -0.2) is 7.85 Å². The average Bonchev–Trinajstić information content (AvgIpc) is 2.43. The summed E-state index contributed by atoms with van der Waals surface area (Å²) in [5, 5.41) is 9.66. The maximum atomic E-state index is 8.61. The van der Waals surface area contributed by atoms with E-state index >= 15 is 0 Å². The Labute approximate surface area is 70.8 Å². The minimum atomic E-state index is 0.636. The van der Waals surface area contributed by atoms with Crippen molar-refractivity contribution < 1.29 is 4.42 Å². The Balaban J connectivity index is 2.77. The fraction of sp³-hybridized carbons (Fsp3) is 0. The Morgan fingerprint density at radius 2 is 2.17 bits per heavy atom. The molecule has 0 radical (unpaired) electrons. The van der Waals surface area contributed by atoms with Gasteiger partial charge in [0.05, 0.1) is 17.3 Å². The topological polar surface area (TPSA) is 36.9 Å². The molecule has 0 N–H and O–H groups in total. The van der Waals surface area contributed by atoms with Crippen LogP contribution in [0.3, 0.4) is 0 Å². The number of fused-ring (bicyclic) bond motifs is 1. The third-order valence-corrected chi connectivity index (χ3v) is 1.77. The summed E-state index contributed by atoms with van der Waals surface area (Å²) in [5.74, 6) is 0. The highest BCUT2D eigenvalue weighted by Gasteiger charge is 1.99. The first-order valence-corrected chi connectivity index (χ1v) is 3.70. The number of rotatable bonds is 0. The van der Waals surface area contributed by atoms with Gasteiger partial charge in [-0.15, -0.1) is 0 Å². The Kier molecular flexibility index (Phi) is 1.41. The fourth-order valence-electron chi connectivity index (χ4n) is 1.23. The zero-order valence-electron chi connectivity index (χ0n) is 6.66. The van der Waals surface area contributed by atoms with E-state index in [4.69, 9.17) is 9.68 Å². The van der Waals surface area contributed by atoms with Crippen molar-refractivity contribution in [3.8, 4) is 6.07 Å². The van der Waals surface area contributed by atoms with Gasteiger partial charge in [-0.2, -0.15) is 5.26 Å². The van der Waals surface area contributed by atoms with Crippen LogP contribution < -0.4 is 5.66 Å². The lowest BCUT2D eigenvalue weighted by Crippen LogP contribution is -1.92. The summed E-state index contributed by atoms with van der Waals surface area (Å²) >= 11 is 0. The summed E-state index contributed by atoms with van der Waals surface area (Å²) in [7, 11) is 1.89. The number of benzene rings is 1. The summed E-state index contributed by atoms with van der Waals surface area (Å²) in [6.07, 6.45) is 0. The van der Waals surface area contributed by atoms with E-state index in [2.05, 4.69) is 6.07 Å². The molecule has 2 nitrogen and oxygen atoms in total. The van der Waals surface area contributed by atoms with E-state index in [0.717, 1.165) is 16.6 Å². The van der Waals surface area contributed by atoms with Gasteiger partial charge in [-0.25, -0.2) is 0 Å². The normalized spacial score (nSPS) is 9.92. The van der Waals surface area contributed by atoms with Crippen LogP contribution in [0.15, 0.2) is 28.7 Å². The molecule has 2 rings (SSSR count). The molecule has 0 aliphatic heterocycles. The third kappa shape index (κ3) is 0.979. The van der Waals surface area contributed by atoms with Gasteiger partial charge in [0.1, 0.15) is 5.58 Å². The minimum Gasteiger partial charge on any atom is -0.472 e. The summed E-state index contributed by atoms with van der Waals surface area (Å²) in [4.78, 5) is 0. The molecule has 0 saturated carbocycles. The van der Waals surface area contributed by atoms with Gasteiger partial charge >= 0.3 is 0 Å². The zero-order chi connectivity index (χ0) is 8.55. The molecule has 1 heterocycles. The van der Waals surface area contributed by atoms with E-state index in [0.29, 0.717) is 5.56 Å². The van der Waals surface area contributed by atoms with Crippen LogP contribution in [0.25, 0.3) is 11.0 Å². The number of hydrogen-bond acceptors (Lipinski definition) is 2. The van der Waals surface area contributed by atoms with Crippen molar-refractivity contribution in [3.63, 3.8) is 0 Å². The predicted molar refractivity (Wildman–Crippen MR) is 49.1 cm³/mol. The van der Waals surface area contributed by atoms with Crippen LogP contribution in [0, 0.1) is 11.3 Å². The van der Waals surface area contributed by atoms with Crippen LogP contribution in [0.5, 0.6) is 0 Å². The molecule has 0 bridgehead atoms. The van der Waals surface area contributed by atoms with E-state index in [-0.39, 0.29) is 0 Å². The predicted octanol–water partition coefficient (Wildman–Crippen LogP) is 0.563. The Morgan fingerprint density at radius 1 is 1.33 bits per heavy atom.